The zero-order chi connectivity index (χ0) is 14.2. The van der Waals surface area contributed by atoms with E-state index in [1.807, 2.05) is 24.4 Å². The van der Waals surface area contributed by atoms with Gasteiger partial charge in [0, 0.05) is 18.1 Å². The number of nitrogens with one attached hydrogen (secondary N) is 1. The summed E-state index contributed by atoms with van der Waals surface area (Å²) in [7, 11) is 0. The highest BCUT2D eigenvalue weighted by Crippen LogP contribution is 2.18. The number of fused-ring (bicyclic) bond motifs is 2. The van der Waals surface area contributed by atoms with E-state index in [-0.39, 0.29) is 5.82 Å². The molecular weight excluding hydrogens is 289 g/mol. The third-order valence-electron chi connectivity index (χ3n) is 3.21. The number of rotatable bonds is 3. The monoisotopic (exact) mass is 299 g/mol. The molecule has 5 nitrogen and oxygen atoms in total. The first-order valence-electron chi connectivity index (χ1n) is 6.38. The summed E-state index contributed by atoms with van der Waals surface area (Å²) in [6, 6.07) is 8.87. The number of nitrogens with zero attached hydrogens (tertiary/aromatic N) is 4. The maximum atomic E-state index is 13.6. The standard InChI is InChI=1S/C14H10FN5S/c15-11-2-1-5-20-8-10(17-14(11)20)7-16-9-3-4-12-13(6-9)19-21-18-12/h1-6,8,16H,7H2. The Morgan fingerprint density at radius 3 is 3.00 bits per heavy atom. The van der Waals surface area contributed by atoms with E-state index in [0.717, 1.165) is 22.4 Å². The van der Waals surface area contributed by atoms with Crippen LogP contribution in [0.5, 0.6) is 0 Å². The lowest BCUT2D eigenvalue weighted by Gasteiger charge is -2.03. The van der Waals surface area contributed by atoms with Gasteiger partial charge in [0.25, 0.3) is 0 Å². The average Bonchev–Trinajstić information content (AvgIpc) is 3.11. The molecule has 0 saturated heterocycles. The molecule has 21 heavy (non-hydrogen) atoms. The lowest BCUT2D eigenvalue weighted by molar-refractivity contribution is 0.630. The van der Waals surface area contributed by atoms with Crippen molar-refractivity contribution in [3.05, 3.63) is 54.2 Å². The Morgan fingerprint density at radius 2 is 2.10 bits per heavy atom. The van der Waals surface area contributed by atoms with Crippen LogP contribution in [0, 0.1) is 5.82 Å². The van der Waals surface area contributed by atoms with Gasteiger partial charge >= 0.3 is 0 Å². The number of pyridine rings is 1. The predicted molar refractivity (Wildman–Crippen MR) is 79.9 cm³/mol. The van der Waals surface area contributed by atoms with Gasteiger partial charge < -0.3 is 9.72 Å². The third kappa shape index (κ3) is 2.21. The van der Waals surface area contributed by atoms with Gasteiger partial charge in [-0.1, -0.05) is 0 Å². The molecule has 1 N–H and O–H groups in total. The summed E-state index contributed by atoms with van der Waals surface area (Å²) in [6.45, 7) is 0.518. The maximum Gasteiger partial charge on any atom is 0.173 e. The van der Waals surface area contributed by atoms with Crippen molar-refractivity contribution in [2.45, 2.75) is 6.54 Å². The average molecular weight is 299 g/mol. The summed E-state index contributed by atoms with van der Waals surface area (Å²) < 4.78 is 23.6. The van der Waals surface area contributed by atoms with Crippen LogP contribution in [-0.4, -0.2) is 18.1 Å². The van der Waals surface area contributed by atoms with Crippen LogP contribution in [0.1, 0.15) is 5.69 Å². The number of imidazole rings is 1. The number of anilines is 1. The lowest BCUT2D eigenvalue weighted by Crippen LogP contribution is -1.99. The zero-order valence-electron chi connectivity index (χ0n) is 10.8. The van der Waals surface area contributed by atoms with Crippen LogP contribution in [0.25, 0.3) is 16.7 Å². The molecule has 0 bridgehead atoms. The molecule has 3 aromatic heterocycles. The van der Waals surface area contributed by atoms with Crippen LogP contribution in [0.2, 0.25) is 0 Å². The van der Waals surface area contributed by atoms with Gasteiger partial charge in [-0.3, -0.25) is 0 Å². The van der Waals surface area contributed by atoms with Gasteiger partial charge in [0.05, 0.1) is 24.0 Å². The summed E-state index contributed by atoms with van der Waals surface area (Å²) in [4.78, 5) is 4.28. The molecule has 0 saturated carbocycles. The minimum atomic E-state index is -0.321. The molecule has 1 aromatic carbocycles. The normalized spacial score (nSPS) is 11.3. The summed E-state index contributed by atoms with van der Waals surface area (Å²) in [5, 5.41) is 3.26. The highest BCUT2D eigenvalue weighted by molar-refractivity contribution is 7.00. The Kier molecular flexibility index (Phi) is 2.78. The molecule has 0 amide bonds. The minimum Gasteiger partial charge on any atom is -0.379 e. The molecule has 0 fully saturated rings. The third-order valence-corrected chi connectivity index (χ3v) is 3.77. The van der Waals surface area contributed by atoms with Gasteiger partial charge in [-0.05, 0) is 30.3 Å². The van der Waals surface area contributed by atoms with Gasteiger partial charge in [-0.25, -0.2) is 9.37 Å². The number of benzene rings is 1. The maximum absolute atomic E-state index is 13.6. The number of hydrogen-bond donors (Lipinski definition) is 1. The molecule has 0 aliphatic rings. The van der Waals surface area contributed by atoms with E-state index in [2.05, 4.69) is 19.0 Å². The van der Waals surface area contributed by atoms with Crippen molar-refractivity contribution in [3.63, 3.8) is 0 Å². The van der Waals surface area contributed by atoms with Gasteiger partial charge in [-0.2, -0.15) is 8.75 Å². The van der Waals surface area contributed by atoms with Gasteiger partial charge in [0.15, 0.2) is 11.5 Å². The summed E-state index contributed by atoms with van der Waals surface area (Å²) >= 11 is 1.20. The Balaban J connectivity index is 1.58. The fraction of sp³-hybridized carbons (Fsp3) is 0.0714. The van der Waals surface area contributed by atoms with Crippen LogP contribution < -0.4 is 5.32 Å². The van der Waals surface area contributed by atoms with Gasteiger partial charge in [-0.15, -0.1) is 0 Å². The topological polar surface area (TPSA) is 55.1 Å². The summed E-state index contributed by atoms with van der Waals surface area (Å²) in [5.74, 6) is -0.321. The first-order valence-corrected chi connectivity index (χ1v) is 7.11. The van der Waals surface area contributed by atoms with E-state index >= 15 is 0 Å². The van der Waals surface area contributed by atoms with Crippen molar-refractivity contribution >= 4 is 34.1 Å². The van der Waals surface area contributed by atoms with Crippen LogP contribution >= 0.6 is 11.7 Å². The smallest absolute Gasteiger partial charge is 0.173 e. The zero-order valence-corrected chi connectivity index (χ0v) is 11.6. The summed E-state index contributed by atoms with van der Waals surface area (Å²) in [5.41, 5.74) is 3.81. The molecule has 0 atom stereocenters. The summed E-state index contributed by atoms with van der Waals surface area (Å²) in [6.07, 6.45) is 3.59. The quantitative estimate of drug-likeness (QED) is 0.631. The SMILES string of the molecule is Fc1cccn2cc(CNc3ccc4nsnc4c3)nc12. The van der Waals surface area contributed by atoms with Gasteiger partial charge in [0.1, 0.15) is 11.0 Å². The van der Waals surface area contributed by atoms with Crippen molar-refractivity contribution in [3.8, 4) is 0 Å². The largest absolute Gasteiger partial charge is 0.379 e. The first kappa shape index (κ1) is 12.2. The highest BCUT2D eigenvalue weighted by Gasteiger charge is 2.06. The molecule has 3 heterocycles. The second-order valence-corrected chi connectivity index (χ2v) is 5.17. The minimum absolute atomic E-state index is 0.321. The van der Waals surface area contributed by atoms with E-state index in [9.17, 15) is 4.39 Å². The molecule has 4 rings (SSSR count). The Bertz CT molecular complexity index is 929. The van der Waals surface area contributed by atoms with E-state index in [4.69, 9.17) is 0 Å². The predicted octanol–water partition coefficient (Wildman–Crippen LogP) is 3.09. The highest BCUT2D eigenvalue weighted by atomic mass is 32.1. The Morgan fingerprint density at radius 1 is 1.19 bits per heavy atom. The Labute approximate surface area is 123 Å². The van der Waals surface area contributed by atoms with Crippen molar-refractivity contribution in [2.24, 2.45) is 0 Å². The van der Waals surface area contributed by atoms with Crippen LogP contribution in [0.4, 0.5) is 10.1 Å². The van der Waals surface area contributed by atoms with Crippen LogP contribution in [0.3, 0.4) is 0 Å². The van der Waals surface area contributed by atoms with E-state index in [1.165, 1.54) is 17.8 Å². The molecular formula is C14H10FN5S. The lowest BCUT2D eigenvalue weighted by atomic mass is 10.2. The van der Waals surface area contributed by atoms with Crippen LogP contribution in [0.15, 0.2) is 42.7 Å². The molecule has 104 valence electrons. The Hall–Kier alpha value is -2.54. The molecule has 0 aliphatic carbocycles. The van der Waals surface area contributed by atoms with Crippen LogP contribution in [-0.2, 0) is 6.54 Å². The second kappa shape index (κ2) is 4.78. The van der Waals surface area contributed by atoms with Crippen molar-refractivity contribution in [1.29, 1.82) is 0 Å². The van der Waals surface area contributed by atoms with Gasteiger partial charge in [0.2, 0.25) is 0 Å². The van der Waals surface area contributed by atoms with E-state index in [0.29, 0.717) is 12.2 Å². The number of halogens is 1. The van der Waals surface area contributed by atoms with Crippen molar-refractivity contribution in [1.82, 2.24) is 18.1 Å². The first-order chi connectivity index (χ1) is 10.3. The fourth-order valence-corrected chi connectivity index (χ4v) is 2.72. The molecule has 0 unspecified atom stereocenters. The fourth-order valence-electron chi connectivity index (χ4n) is 2.20. The van der Waals surface area contributed by atoms with Crippen molar-refractivity contribution < 1.29 is 4.39 Å². The molecule has 0 spiro atoms. The van der Waals surface area contributed by atoms with E-state index < -0.39 is 0 Å². The van der Waals surface area contributed by atoms with Crippen molar-refractivity contribution in [2.75, 3.05) is 5.32 Å². The number of hydrogen-bond acceptors (Lipinski definition) is 5. The molecule has 4 aromatic rings. The second-order valence-electron chi connectivity index (χ2n) is 4.64. The molecule has 0 radical (unpaired) electrons. The number of aromatic nitrogens is 4. The molecule has 7 heteroatoms. The van der Waals surface area contributed by atoms with E-state index in [1.54, 1.807) is 16.7 Å². The molecule has 0 aliphatic heterocycles.